The first-order valence-electron chi connectivity index (χ1n) is 5.16. The second kappa shape index (κ2) is 4.09. The van der Waals surface area contributed by atoms with Crippen molar-refractivity contribution in [2.24, 2.45) is 0 Å². The Morgan fingerprint density at radius 2 is 2.19 bits per heavy atom. The first-order valence-corrected chi connectivity index (χ1v) is 5.16. The number of nitro benzene ring substituents is 1. The molecule has 0 bridgehead atoms. The zero-order valence-corrected chi connectivity index (χ0v) is 8.92. The summed E-state index contributed by atoms with van der Waals surface area (Å²) in [6, 6.07) is 4.53. The lowest BCUT2D eigenvalue weighted by molar-refractivity contribution is -0.384. The zero-order valence-electron chi connectivity index (χ0n) is 8.92. The summed E-state index contributed by atoms with van der Waals surface area (Å²) in [7, 11) is 0. The maximum absolute atomic E-state index is 10.5. The van der Waals surface area contributed by atoms with Gasteiger partial charge in [-0.05, 0) is 18.6 Å². The number of nitrogens with zero attached hydrogens (tertiary/aromatic N) is 1. The molecule has 1 saturated carbocycles. The highest BCUT2D eigenvalue weighted by Gasteiger charge is 2.29. The van der Waals surface area contributed by atoms with Crippen molar-refractivity contribution in [1.82, 2.24) is 0 Å². The van der Waals surface area contributed by atoms with Gasteiger partial charge >= 0.3 is 0 Å². The van der Waals surface area contributed by atoms with Gasteiger partial charge in [-0.2, -0.15) is 0 Å². The fourth-order valence-corrected chi connectivity index (χ4v) is 1.69. The van der Waals surface area contributed by atoms with Crippen LogP contribution >= 0.6 is 0 Å². The standard InChI is InChI=1S/C11H13NO4/c1-7-4-8(12(14)15)2-3-11(7)16-10-5-9(13)6-10/h2-4,9-10,13H,5-6H2,1H3. The molecule has 1 N–H and O–H groups in total. The second-order valence-corrected chi connectivity index (χ2v) is 4.07. The molecule has 0 amide bonds. The fourth-order valence-electron chi connectivity index (χ4n) is 1.69. The molecule has 1 fully saturated rings. The average molecular weight is 223 g/mol. The van der Waals surface area contributed by atoms with Crippen LogP contribution in [0, 0.1) is 17.0 Å². The van der Waals surface area contributed by atoms with E-state index in [0.29, 0.717) is 18.6 Å². The number of hydrogen-bond donors (Lipinski definition) is 1. The van der Waals surface area contributed by atoms with Crippen LogP contribution in [-0.4, -0.2) is 22.2 Å². The molecule has 0 atom stereocenters. The Labute approximate surface area is 92.8 Å². The fraction of sp³-hybridized carbons (Fsp3) is 0.455. The van der Waals surface area contributed by atoms with Crippen molar-refractivity contribution in [3.63, 3.8) is 0 Å². The lowest BCUT2D eigenvalue weighted by Crippen LogP contribution is -2.37. The summed E-state index contributed by atoms with van der Waals surface area (Å²) in [5.41, 5.74) is 0.814. The third kappa shape index (κ3) is 2.14. The van der Waals surface area contributed by atoms with Gasteiger partial charge in [0.2, 0.25) is 0 Å². The Bertz CT molecular complexity index is 412. The van der Waals surface area contributed by atoms with E-state index in [2.05, 4.69) is 0 Å². The predicted molar refractivity (Wildman–Crippen MR) is 57.5 cm³/mol. The van der Waals surface area contributed by atoms with Gasteiger partial charge in [0.25, 0.3) is 5.69 Å². The number of non-ortho nitro benzene ring substituents is 1. The largest absolute Gasteiger partial charge is 0.490 e. The molecule has 1 aliphatic rings. The summed E-state index contributed by atoms with van der Waals surface area (Å²) < 4.78 is 5.60. The molecular weight excluding hydrogens is 210 g/mol. The quantitative estimate of drug-likeness (QED) is 0.626. The van der Waals surface area contributed by atoms with Crippen LogP contribution in [0.25, 0.3) is 0 Å². The smallest absolute Gasteiger partial charge is 0.269 e. The maximum atomic E-state index is 10.5. The van der Waals surface area contributed by atoms with Crippen molar-refractivity contribution >= 4 is 5.69 Å². The second-order valence-electron chi connectivity index (χ2n) is 4.07. The Hall–Kier alpha value is -1.62. The van der Waals surface area contributed by atoms with E-state index in [4.69, 9.17) is 9.84 Å². The third-order valence-electron chi connectivity index (χ3n) is 2.73. The molecule has 1 aliphatic carbocycles. The minimum absolute atomic E-state index is 0.0372. The van der Waals surface area contributed by atoms with Crippen molar-refractivity contribution in [2.45, 2.75) is 32.0 Å². The van der Waals surface area contributed by atoms with E-state index in [1.807, 2.05) is 0 Å². The Morgan fingerprint density at radius 3 is 2.69 bits per heavy atom. The summed E-state index contributed by atoms with van der Waals surface area (Å²) in [6.45, 7) is 1.78. The van der Waals surface area contributed by atoms with Gasteiger partial charge in [0.05, 0.1) is 11.0 Å². The van der Waals surface area contributed by atoms with Crippen LogP contribution in [0.2, 0.25) is 0 Å². The maximum Gasteiger partial charge on any atom is 0.269 e. The van der Waals surface area contributed by atoms with Gasteiger partial charge in [0.1, 0.15) is 11.9 Å². The molecule has 0 spiro atoms. The molecule has 0 saturated heterocycles. The van der Waals surface area contributed by atoms with E-state index >= 15 is 0 Å². The molecule has 5 nitrogen and oxygen atoms in total. The summed E-state index contributed by atoms with van der Waals surface area (Å²) in [5.74, 6) is 0.655. The molecule has 5 heteroatoms. The van der Waals surface area contributed by atoms with E-state index < -0.39 is 4.92 Å². The van der Waals surface area contributed by atoms with Crippen LogP contribution in [0.5, 0.6) is 5.75 Å². The number of aliphatic hydroxyl groups excluding tert-OH is 1. The van der Waals surface area contributed by atoms with Crippen LogP contribution in [0.4, 0.5) is 5.69 Å². The minimum atomic E-state index is -0.427. The van der Waals surface area contributed by atoms with Crippen LogP contribution in [0.3, 0.4) is 0 Å². The zero-order chi connectivity index (χ0) is 11.7. The summed E-state index contributed by atoms with van der Waals surface area (Å²) in [5, 5.41) is 19.6. The number of benzene rings is 1. The highest BCUT2D eigenvalue weighted by Crippen LogP contribution is 2.29. The normalized spacial score (nSPS) is 23.6. The molecule has 16 heavy (non-hydrogen) atoms. The first-order chi connectivity index (χ1) is 7.56. The molecular formula is C11H13NO4. The van der Waals surface area contributed by atoms with Gasteiger partial charge in [-0.15, -0.1) is 0 Å². The molecule has 0 aromatic heterocycles. The van der Waals surface area contributed by atoms with Gasteiger partial charge < -0.3 is 9.84 Å². The SMILES string of the molecule is Cc1cc([N+](=O)[O-])ccc1OC1CC(O)C1. The highest BCUT2D eigenvalue weighted by molar-refractivity contribution is 5.43. The van der Waals surface area contributed by atoms with Crippen molar-refractivity contribution in [1.29, 1.82) is 0 Å². The summed E-state index contributed by atoms with van der Waals surface area (Å²) >= 11 is 0. The van der Waals surface area contributed by atoms with Crippen LogP contribution in [0.15, 0.2) is 18.2 Å². The van der Waals surface area contributed by atoms with E-state index in [1.54, 1.807) is 13.0 Å². The molecule has 86 valence electrons. The molecule has 0 radical (unpaired) electrons. The molecule has 2 rings (SSSR count). The Balaban J connectivity index is 2.07. The molecule has 0 unspecified atom stereocenters. The van der Waals surface area contributed by atoms with Gasteiger partial charge in [0.15, 0.2) is 0 Å². The summed E-state index contributed by atoms with van der Waals surface area (Å²) in [4.78, 5) is 10.1. The van der Waals surface area contributed by atoms with Gasteiger partial charge in [-0.25, -0.2) is 0 Å². The number of hydrogen-bond acceptors (Lipinski definition) is 4. The van der Waals surface area contributed by atoms with E-state index in [9.17, 15) is 10.1 Å². The van der Waals surface area contributed by atoms with E-state index in [1.165, 1.54) is 12.1 Å². The number of ether oxygens (including phenoxy) is 1. The minimum Gasteiger partial charge on any atom is -0.490 e. The predicted octanol–water partition coefficient (Wildman–Crippen LogP) is 1.81. The molecule has 0 heterocycles. The van der Waals surface area contributed by atoms with Gasteiger partial charge in [-0.1, -0.05) is 0 Å². The van der Waals surface area contributed by atoms with Crippen molar-refractivity contribution in [3.8, 4) is 5.75 Å². The topological polar surface area (TPSA) is 72.6 Å². The van der Waals surface area contributed by atoms with Crippen molar-refractivity contribution < 1.29 is 14.8 Å². The lowest BCUT2D eigenvalue weighted by atomic mass is 9.92. The van der Waals surface area contributed by atoms with Gasteiger partial charge in [-0.3, -0.25) is 10.1 Å². The first kappa shape index (κ1) is 10.9. The molecule has 1 aromatic rings. The van der Waals surface area contributed by atoms with Crippen LogP contribution < -0.4 is 4.74 Å². The van der Waals surface area contributed by atoms with E-state index in [0.717, 1.165) is 5.56 Å². The number of aliphatic hydroxyl groups is 1. The average Bonchev–Trinajstić information content (AvgIpc) is 2.18. The van der Waals surface area contributed by atoms with Crippen molar-refractivity contribution in [3.05, 3.63) is 33.9 Å². The van der Waals surface area contributed by atoms with Gasteiger partial charge in [0, 0.05) is 25.0 Å². The molecule has 0 aliphatic heterocycles. The Kier molecular flexibility index (Phi) is 2.78. The monoisotopic (exact) mass is 223 g/mol. The Morgan fingerprint density at radius 1 is 1.50 bits per heavy atom. The molecule has 1 aromatic carbocycles. The van der Waals surface area contributed by atoms with Crippen LogP contribution in [0.1, 0.15) is 18.4 Å². The third-order valence-corrected chi connectivity index (χ3v) is 2.73. The van der Waals surface area contributed by atoms with Crippen molar-refractivity contribution in [2.75, 3.05) is 0 Å². The number of nitro groups is 1. The number of rotatable bonds is 3. The lowest BCUT2D eigenvalue weighted by Gasteiger charge is -2.32. The summed E-state index contributed by atoms with van der Waals surface area (Å²) in [6.07, 6.45) is 1.05. The van der Waals surface area contributed by atoms with Crippen LogP contribution in [-0.2, 0) is 0 Å². The van der Waals surface area contributed by atoms with E-state index in [-0.39, 0.29) is 17.9 Å². The number of aryl methyl sites for hydroxylation is 1. The highest BCUT2D eigenvalue weighted by atomic mass is 16.6.